The van der Waals surface area contributed by atoms with Crippen molar-refractivity contribution in [3.63, 3.8) is 0 Å². The van der Waals surface area contributed by atoms with Crippen LogP contribution >= 0.6 is 0 Å². The maximum Gasteiger partial charge on any atom is 0.338 e. The molecule has 3 rings (SSSR count). The molecule has 0 aromatic heterocycles. The van der Waals surface area contributed by atoms with Crippen LogP contribution < -0.4 is 5.32 Å². The van der Waals surface area contributed by atoms with E-state index in [0.29, 0.717) is 22.4 Å². The number of hydrogen-bond acceptors (Lipinski definition) is 5. The number of hydrogen-bond donors (Lipinski definition) is 1. The Hall–Kier alpha value is -3.48. The highest BCUT2D eigenvalue weighted by atomic mass is 16.5. The van der Waals surface area contributed by atoms with E-state index in [9.17, 15) is 19.2 Å². The Bertz CT molecular complexity index is 899. The Morgan fingerprint density at radius 3 is 2.07 bits per heavy atom. The average molecular weight is 380 g/mol. The topological polar surface area (TPSA) is 92.8 Å². The van der Waals surface area contributed by atoms with Crippen molar-refractivity contribution in [3.05, 3.63) is 65.2 Å². The van der Waals surface area contributed by atoms with Gasteiger partial charge in [-0.05, 0) is 36.4 Å². The molecule has 2 aromatic rings. The molecule has 0 fully saturated rings. The largest absolute Gasteiger partial charge is 0.460 e. The number of benzene rings is 2. The van der Waals surface area contributed by atoms with Gasteiger partial charge in [0, 0.05) is 11.6 Å². The van der Waals surface area contributed by atoms with Crippen molar-refractivity contribution in [1.82, 2.24) is 4.90 Å². The molecule has 0 radical (unpaired) electrons. The van der Waals surface area contributed by atoms with Crippen molar-refractivity contribution in [2.75, 3.05) is 18.5 Å². The van der Waals surface area contributed by atoms with Gasteiger partial charge in [0.15, 0.2) is 0 Å². The van der Waals surface area contributed by atoms with Gasteiger partial charge in [-0.1, -0.05) is 26.0 Å². The summed E-state index contributed by atoms with van der Waals surface area (Å²) in [5.41, 5.74) is 1.61. The summed E-state index contributed by atoms with van der Waals surface area (Å²) in [7, 11) is 0. The second-order valence-corrected chi connectivity index (χ2v) is 6.66. The lowest BCUT2D eigenvalue weighted by Crippen LogP contribution is -2.33. The minimum Gasteiger partial charge on any atom is -0.460 e. The number of imide groups is 1. The predicted molar refractivity (Wildman–Crippen MR) is 102 cm³/mol. The third-order valence-corrected chi connectivity index (χ3v) is 4.34. The quantitative estimate of drug-likeness (QED) is 0.614. The summed E-state index contributed by atoms with van der Waals surface area (Å²) in [6, 6.07) is 12.9. The van der Waals surface area contributed by atoms with Gasteiger partial charge >= 0.3 is 5.97 Å². The number of nitrogens with zero attached hydrogens (tertiary/aromatic N) is 1. The first-order chi connectivity index (χ1) is 13.4. The van der Waals surface area contributed by atoms with E-state index in [2.05, 4.69) is 5.32 Å². The Kier molecular flexibility index (Phi) is 5.54. The van der Waals surface area contributed by atoms with Crippen LogP contribution in [0.25, 0.3) is 0 Å². The van der Waals surface area contributed by atoms with E-state index in [-0.39, 0.29) is 36.8 Å². The lowest BCUT2D eigenvalue weighted by atomic mass is 10.1. The van der Waals surface area contributed by atoms with E-state index in [4.69, 9.17) is 4.74 Å². The van der Waals surface area contributed by atoms with E-state index in [1.54, 1.807) is 62.4 Å². The minimum atomic E-state index is -0.571. The van der Waals surface area contributed by atoms with Crippen molar-refractivity contribution < 1.29 is 23.9 Å². The number of amides is 3. The molecule has 0 bridgehead atoms. The van der Waals surface area contributed by atoms with Crippen LogP contribution in [0.15, 0.2) is 48.5 Å². The summed E-state index contributed by atoms with van der Waals surface area (Å²) >= 11 is 0. The zero-order valence-corrected chi connectivity index (χ0v) is 15.6. The fourth-order valence-electron chi connectivity index (χ4n) is 2.73. The van der Waals surface area contributed by atoms with Crippen LogP contribution in [0.2, 0.25) is 0 Å². The summed E-state index contributed by atoms with van der Waals surface area (Å²) in [5.74, 6) is -1.61. The van der Waals surface area contributed by atoms with E-state index < -0.39 is 5.97 Å². The third kappa shape index (κ3) is 3.93. The van der Waals surface area contributed by atoms with Gasteiger partial charge in [0.1, 0.15) is 6.61 Å². The van der Waals surface area contributed by atoms with Crippen LogP contribution in [0.4, 0.5) is 5.69 Å². The fourth-order valence-corrected chi connectivity index (χ4v) is 2.73. The molecule has 0 saturated heterocycles. The monoisotopic (exact) mass is 380 g/mol. The highest BCUT2D eigenvalue weighted by Gasteiger charge is 2.34. The highest BCUT2D eigenvalue weighted by Crippen LogP contribution is 2.22. The molecule has 7 nitrogen and oxygen atoms in total. The normalized spacial score (nSPS) is 12.9. The summed E-state index contributed by atoms with van der Waals surface area (Å²) in [4.78, 5) is 49.4. The van der Waals surface area contributed by atoms with E-state index in [1.165, 1.54) is 0 Å². The summed E-state index contributed by atoms with van der Waals surface area (Å²) < 4.78 is 5.17. The van der Waals surface area contributed by atoms with Crippen LogP contribution in [-0.2, 0) is 9.53 Å². The predicted octanol–water partition coefficient (Wildman–Crippen LogP) is 2.73. The third-order valence-electron chi connectivity index (χ3n) is 4.34. The van der Waals surface area contributed by atoms with Gasteiger partial charge in [-0.3, -0.25) is 19.3 Å². The van der Waals surface area contributed by atoms with E-state index >= 15 is 0 Å². The zero-order valence-electron chi connectivity index (χ0n) is 15.6. The SMILES string of the molecule is CC(C)C(=O)Nc1ccc(C(=O)OCCN2C(=O)c3ccccc3C2=O)cc1. The molecule has 0 spiro atoms. The molecule has 0 atom stereocenters. The molecule has 0 aliphatic carbocycles. The summed E-state index contributed by atoms with van der Waals surface area (Å²) in [6.45, 7) is 3.46. The molecule has 28 heavy (non-hydrogen) atoms. The molecule has 7 heteroatoms. The standard InChI is InChI=1S/C21H20N2O5/c1-13(2)18(24)22-15-9-7-14(8-10-15)21(27)28-12-11-23-19(25)16-5-3-4-6-17(16)20(23)26/h3-10,13H,11-12H2,1-2H3,(H,22,24). The number of carbonyl (C=O) groups excluding carboxylic acids is 4. The van der Waals surface area contributed by atoms with Gasteiger partial charge < -0.3 is 10.1 Å². The van der Waals surface area contributed by atoms with Gasteiger partial charge in [-0.2, -0.15) is 0 Å². The van der Waals surface area contributed by atoms with Gasteiger partial charge in [-0.25, -0.2) is 4.79 Å². The Morgan fingerprint density at radius 1 is 0.964 bits per heavy atom. The Balaban J connectivity index is 1.53. The number of fused-ring (bicyclic) bond motifs is 1. The van der Waals surface area contributed by atoms with Gasteiger partial charge in [0.05, 0.1) is 23.2 Å². The molecule has 0 unspecified atom stereocenters. The number of anilines is 1. The van der Waals surface area contributed by atoms with Crippen LogP contribution in [0, 0.1) is 5.92 Å². The molecule has 1 aliphatic heterocycles. The van der Waals surface area contributed by atoms with Gasteiger partial charge in [-0.15, -0.1) is 0 Å². The molecule has 2 aromatic carbocycles. The number of carbonyl (C=O) groups is 4. The molecule has 1 heterocycles. The number of rotatable bonds is 6. The van der Waals surface area contributed by atoms with E-state index in [0.717, 1.165) is 4.90 Å². The zero-order chi connectivity index (χ0) is 20.3. The molecule has 3 amide bonds. The number of esters is 1. The summed E-state index contributed by atoms with van der Waals surface area (Å²) in [5, 5.41) is 2.73. The van der Waals surface area contributed by atoms with Gasteiger partial charge in [0.2, 0.25) is 5.91 Å². The first-order valence-corrected chi connectivity index (χ1v) is 8.91. The van der Waals surface area contributed by atoms with Crippen molar-refractivity contribution in [1.29, 1.82) is 0 Å². The minimum absolute atomic E-state index is 0.0133. The van der Waals surface area contributed by atoms with E-state index in [1.807, 2.05) is 0 Å². The first kappa shape index (κ1) is 19.3. The molecular formula is C21H20N2O5. The van der Waals surface area contributed by atoms with Crippen molar-refractivity contribution in [2.45, 2.75) is 13.8 Å². The van der Waals surface area contributed by atoms with Crippen LogP contribution in [0.1, 0.15) is 44.9 Å². The van der Waals surface area contributed by atoms with Crippen LogP contribution in [-0.4, -0.2) is 41.7 Å². The fraction of sp³-hybridized carbons (Fsp3) is 0.238. The summed E-state index contributed by atoms with van der Waals surface area (Å²) in [6.07, 6.45) is 0. The van der Waals surface area contributed by atoms with Crippen molar-refractivity contribution in [3.8, 4) is 0 Å². The number of nitrogens with one attached hydrogen (secondary N) is 1. The Morgan fingerprint density at radius 2 is 1.54 bits per heavy atom. The van der Waals surface area contributed by atoms with Crippen molar-refractivity contribution >= 4 is 29.4 Å². The maximum absolute atomic E-state index is 12.3. The lowest BCUT2D eigenvalue weighted by Gasteiger charge is -2.14. The molecular weight excluding hydrogens is 360 g/mol. The van der Waals surface area contributed by atoms with Crippen LogP contribution in [0.5, 0.6) is 0 Å². The molecule has 1 aliphatic rings. The molecule has 0 saturated carbocycles. The highest BCUT2D eigenvalue weighted by molar-refractivity contribution is 6.21. The Labute approximate surface area is 162 Å². The van der Waals surface area contributed by atoms with Gasteiger partial charge in [0.25, 0.3) is 11.8 Å². The second kappa shape index (κ2) is 8.04. The van der Waals surface area contributed by atoms with Crippen LogP contribution in [0.3, 0.4) is 0 Å². The second-order valence-electron chi connectivity index (χ2n) is 6.66. The smallest absolute Gasteiger partial charge is 0.338 e. The molecule has 144 valence electrons. The average Bonchev–Trinajstić information content (AvgIpc) is 2.93. The van der Waals surface area contributed by atoms with Crippen molar-refractivity contribution in [2.24, 2.45) is 5.92 Å². The molecule has 1 N–H and O–H groups in total. The first-order valence-electron chi connectivity index (χ1n) is 8.91. The maximum atomic E-state index is 12.3. The lowest BCUT2D eigenvalue weighted by molar-refractivity contribution is -0.118. The number of ether oxygens (including phenoxy) is 1.